The first-order valence-corrected chi connectivity index (χ1v) is 9.23. The van der Waals surface area contributed by atoms with Gasteiger partial charge in [0.15, 0.2) is 5.69 Å². The summed E-state index contributed by atoms with van der Waals surface area (Å²) < 4.78 is 0. The second-order valence-electron chi connectivity index (χ2n) is 6.77. The van der Waals surface area contributed by atoms with E-state index in [2.05, 4.69) is 20.6 Å². The highest BCUT2D eigenvalue weighted by molar-refractivity contribution is 6.06. The maximum atomic E-state index is 12.7. The van der Waals surface area contributed by atoms with Crippen LogP contribution in [0, 0.1) is 0 Å². The van der Waals surface area contributed by atoms with Gasteiger partial charge in [0.2, 0.25) is 0 Å². The van der Waals surface area contributed by atoms with Gasteiger partial charge in [-0.2, -0.15) is 0 Å². The Labute approximate surface area is 161 Å². The Kier molecular flexibility index (Phi) is 4.89. The lowest BCUT2D eigenvalue weighted by Crippen LogP contribution is -2.35. The molecule has 1 aliphatic carbocycles. The lowest BCUT2D eigenvalue weighted by atomic mass is 10.1. The smallest absolute Gasteiger partial charge is 0.273 e. The predicted octanol–water partition coefficient (Wildman–Crippen LogP) is 2.37. The highest BCUT2D eigenvalue weighted by Crippen LogP contribution is 2.40. The normalized spacial score (nSPS) is 13.3. The molecule has 1 saturated carbocycles. The molecular weight excluding hydrogens is 356 g/mol. The van der Waals surface area contributed by atoms with Gasteiger partial charge in [0.25, 0.3) is 11.8 Å². The molecule has 1 fully saturated rings. The molecule has 0 aliphatic heterocycles. The van der Waals surface area contributed by atoms with Crippen LogP contribution in [0.25, 0.3) is 10.9 Å². The van der Waals surface area contributed by atoms with Crippen molar-refractivity contribution in [3.63, 3.8) is 0 Å². The summed E-state index contributed by atoms with van der Waals surface area (Å²) in [6, 6.07) is 12.4. The first-order chi connectivity index (χ1) is 13.6. The van der Waals surface area contributed by atoms with Crippen LogP contribution in [-0.4, -0.2) is 40.0 Å². The molecular formula is C21H20N4O3. The van der Waals surface area contributed by atoms with Crippen LogP contribution in [0.1, 0.15) is 45.3 Å². The van der Waals surface area contributed by atoms with E-state index >= 15 is 0 Å². The molecule has 0 atom stereocenters. The largest absolute Gasteiger partial charge is 0.505 e. The molecule has 7 heteroatoms. The van der Waals surface area contributed by atoms with Gasteiger partial charge in [-0.05, 0) is 37.1 Å². The molecule has 3 aromatic rings. The predicted molar refractivity (Wildman–Crippen MR) is 104 cm³/mol. The first-order valence-electron chi connectivity index (χ1n) is 9.23. The minimum absolute atomic E-state index is 0.0389. The summed E-state index contributed by atoms with van der Waals surface area (Å²) in [5.41, 5.74) is 2.34. The molecule has 2 heterocycles. The Bertz CT molecular complexity index is 1050. The third kappa shape index (κ3) is 3.78. The number of amides is 2. The number of hydrogen-bond donors (Lipinski definition) is 3. The van der Waals surface area contributed by atoms with Crippen LogP contribution in [0.15, 0.2) is 48.7 Å². The molecule has 0 bridgehead atoms. The van der Waals surface area contributed by atoms with Crippen molar-refractivity contribution < 1.29 is 14.7 Å². The number of carbonyl (C=O) groups is 2. The van der Waals surface area contributed by atoms with Crippen molar-refractivity contribution in [2.75, 3.05) is 13.1 Å². The van der Waals surface area contributed by atoms with Crippen LogP contribution in [0.4, 0.5) is 0 Å². The number of benzene rings is 1. The van der Waals surface area contributed by atoms with E-state index in [1.54, 1.807) is 6.07 Å². The van der Waals surface area contributed by atoms with Crippen LogP contribution in [-0.2, 0) is 0 Å². The van der Waals surface area contributed by atoms with Gasteiger partial charge in [0.05, 0.1) is 11.1 Å². The minimum atomic E-state index is -0.488. The zero-order valence-electron chi connectivity index (χ0n) is 15.2. The van der Waals surface area contributed by atoms with E-state index in [-0.39, 0.29) is 30.4 Å². The van der Waals surface area contributed by atoms with Crippen molar-refractivity contribution in [1.29, 1.82) is 0 Å². The number of carbonyl (C=O) groups excluding carboxylic acids is 2. The molecule has 4 rings (SSSR count). The maximum Gasteiger partial charge on any atom is 0.273 e. The zero-order chi connectivity index (χ0) is 19.5. The number of fused-ring (bicyclic) bond motifs is 1. The van der Waals surface area contributed by atoms with Gasteiger partial charge in [-0.25, -0.2) is 4.98 Å². The molecule has 1 aromatic carbocycles. The van der Waals surface area contributed by atoms with E-state index in [0.717, 1.165) is 29.4 Å². The quantitative estimate of drug-likeness (QED) is 0.573. The molecule has 142 valence electrons. The first kappa shape index (κ1) is 17.9. The van der Waals surface area contributed by atoms with E-state index in [9.17, 15) is 14.7 Å². The topological polar surface area (TPSA) is 104 Å². The third-order valence-electron chi connectivity index (χ3n) is 4.67. The molecule has 7 nitrogen and oxygen atoms in total. The fourth-order valence-electron chi connectivity index (χ4n) is 3.07. The number of aromatic hydroxyl groups is 1. The lowest BCUT2D eigenvalue weighted by Gasteiger charge is -2.11. The zero-order valence-corrected chi connectivity index (χ0v) is 15.2. The van der Waals surface area contributed by atoms with Crippen molar-refractivity contribution in [3.05, 3.63) is 65.6 Å². The second-order valence-corrected chi connectivity index (χ2v) is 6.77. The number of nitrogens with one attached hydrogen (secondary N) is 2. The van der Waals surface area contributed by atoms with Gasteiger partial charge < -0.3 is 15.7 Å². The Morgan fingerprint density at radius 2 is 1.79 bits per heavy atom. The molecule has 0 spiro atoms. The number of nitrogens with zero attached hydrogens (tertiary/aromatic N) is 2. The van der Waals surface area contributed by atoms with Crippen molar-refractivity contribution >= 4 is 22.7 Å². The van der Waals surface area contributed by atoms with E-state index in [4.69, 9.17) is 0 Å². The average molecular weight is 376 g/mol. The molecule has 0 radical (unpaired) electrons. The fraction of sp³-hybridized carbons (Fsp3) is 0.238. The maximum absolute atomic E-state index is 12.7. The Morgan fingerprint density at radius 3 is 2.54 bits per heavy atom. The Morgan fingerprint density at radius 1 is 1.04 bits per heavy atom. The van der Waals surface area contributed by atoms with E-state index in [1.807, 2.05) is 30.3 Å². The SMILES string of the molecule is O=C(NCCNC(=O)c1cc(C2CC2)nc2ccccc12)c1ncccc1O. The number of para-hydroxylation sites is 1. The molecule has 2 amide bonds. The Balaban J connectivity index is 1.40. The summed E-state index contributed by atoms with van der Waals surface area (Å²) in [4.78, 5) is 33.3. The molecule has 0 unspecified atom stereocenters. The van der Waals surface area contributed by atoms with Crippen LogP contribution in [0.2, 0.25) is 0 Å². The van der Waals surface area contributed by atoms with Crippen molar-refractivity contribution in [1.82, 2.24) is 20.6 Å². The van der Waals surface area contributed by atoms with Crippen LogP contribution in [0.5, 0.6) is 5.75 Å². The van der Waals surface area contributed by atoms with Gasteiger partial charge in [-0.15, -0.1) is 0 Å². The number of hydrogen-bond acceptors (Lipinski definition) is 5. The van der Waals surface area contributed by atoms with Gasteiger partial charge in [0.1, 0.15) is 5.75 Å². The van der Waals surface area contributed by atoms with Crippen molar-refractivity contribution in [3.8, 4) is 5.75 Å². The molecule has 1 aliphatic rings. The number of pyridine rings is 2. The summed E-state index contributed by atoms with van der Waals surface area (Å²) in [5.74, 6) is -0.422. The third-order valence-corrected chi connectivity index (χ3v) is 4.67. The summed E-state index contributed by atoms with van der Waals surface area (Å²) in [5, 5.41) is 15.9. The van der Waals surface area contributed by atoms with Gasteiger partial charge in [-0.1, -0.05) is 18.2 Å². The van der Waals surface area contributed by atoms with E-state index in [0.29, 0.717) is 11.5 Å². The minimum Gasteiger partial charge on any atom is -0.505 e. The van der Waals surface area contributed by atoms with E-state index in [1.165, 1.54) is 12.3 Å². The second kappa shape index (κ2) is 7.64. The van der Waals surface area contributed by atoms with Gasteiger partial charge in [0, 0.05) is 36.3 Å². The number of rotatable bonds is 6. The van der Waals surface area contributed by atoms with Crippen LogP contribution >= 0.6 is 0 Å². The summed E-state index contributed by atoms with van der Waals surface area (Å²) in [6.07, 6.45) is 3.65. The van der Waals surface area contributed by atoms with Crippen molar-refractivity contribution in [2.45, 2.75) is 18.8 Å². The average Bonchev–Trinajstić information content (AvgIpc) is 3.56. The van der Waals surface area contributed by atoms with Gasteiger partial charge >= 0.3 is 0 Å². The summed E-state index contributed by atoms with van der Waals surface area (Å²) in [7, 11) is 0. The molecule has 2 aromatic heterocycles. The van der Waals surface area contributed by atoms with E-state index < -0.39 is 5.91 Å². The Hall–Kier alpha value is -3.48. The standard InChI is InChI=1S/C21H20N4O3/c26-18-6-3-9-22-19(18)21(28)24-11-10-23-20(27)15-12-17(13-7-8-13)25-16-5-2-1-4-14(15)16/h1-6,9,12-13,26H,7-8,10-11H2,(H,23,27)(H,24,28). The number of aromatic nitrogens is 2. The fourth-order valence-corrected chi connectivity index (χ4v) is 3.07. The van der Waals surface area contributed by atoms with Gasteiger partial charge in [-0.3, -0.25) is 14.6 Å². The van der Waals surface area contributed by atoms with Crippen molar-refractivity contribution in [2.24, 2.45) is 0 Å². The molecule has 28 heavy (non-hydrogen) atoms. The molecule has 0 saturated heterocycles. The van der Waals surface area contributed by atoms with Crippen LogP contribution < -0.4 is 10.6 Å². The lowest BCUT2D eigenvalue weighted by molar-refractivity contribution is 0.0924. The monoisotopic (exact) mass is 376 g/mol. The highest BCUT2D eigenvalue weighted by atomic mass is 16.3. The summed E-state index contributed by atoms with van der Waals surface area (Å²) in [6.45, 7) is 0.479. The molecule has 3 N–H and O–H groups in total. The van der Waals surface area contributed by atoms with Crippen LogP contribution in [0.3, 0.4) is 0 Å². The highest BCUT2D eigenvalue weighted by Gasteiger charge is 2.26. The summed E-state index contributed by atoms with van der Waals surface area (Å²) >= 11 is 0.